The van der Waals surface area contributed by atoms with Crippen LogP contribution in [0.15, 0.2) is 77.9 Å². The summed E-state index contributed by atoms with van der Waals surface area (Å²) in [5, 5.41) is 4.96. The van der Waals surface area contributed by atoms with Gasteiger partial charge in [0, 0.05) is 25.4 Å². The van der Waals surface area contributed by atoms with Crippen molar-refractivity contribution in [2.45, 2.75) is 20.0 Å². The normalized spacial score (nSPS) is 11.3. The van der Waals surface area contributed by atoms with Gasteiger partial charge in [0.1, 0.15) is 12.4 Å². The number of aromatic nitrogens is 2. The molecule has 174 valence electrons. The highest BCUT2D eigenvalue weighted by atomic mass is 79.9. The van der Waals surface area contributed by atoms with Crippen LogP contribution in [0.3, 0.4) is 0 Å². The standard InChI is InChI=1S/C25H20Br3N3O3/c1-3-24-30-21-9-8-18(27)11-19(21)25(32)31(24)29-13-16-10-22(33-2)23(12-20(16)28)34-14-15-4-6-17(26)7-5-15/h4-13H,3,14H2,1-2H3. The Hall–Kier alpha value is -2.49. The number of fused-ring (bicyclic) bond motifs is 1. The van der Waals surface area contributed by atoms with Gasteiger partial charge in [0.25, 0.3) is 5.56 Å². The van der Waals surface area contributed by atoms with Crippen LogP contribution in [0.2, 0.25) is 0 Å². The zero-order valence-electron chi connectivity index (χ0n) is 18.4. The number of ether oxygens (including phenoxy) is 2. The second-order valence-electron chi connectivity index (χ2n) is 7.34. The van der Waals surface area contributed by atoms with Crippen molar-refractivity contribution in [3.63, 3.8) is 0 Å². The highest BCUT2D eigenvalue weighted by Gasteiger charge is 2.12. The van der Waals surface area contributed by atoms with Crippen molar-refractivity contribution in [2.75, 3.05) is 7.11 Å². The monoisotopic (exact) mass is 647 g/mol. The van der Waals surface area contributed by atoms with Crippen molar-refractivity contribution in [2.24, 2.45) is 5.10 Å². The summed E-state index contributed by atoms with van der Waals surface area (Å²) in [5.41, 5.74) is 2.19. The summed E-state index contributed by atoms with van der Waals surface area (Å²) < 4.78 is 15.4. The Balaban J connectivity index is 1.65. The Morgan fingerprint density at radius 2 is 1.74 bits per heavy atom. The van der Waals surface area contributed by atoms with Crippen molar-refractivity contribution in [1.29, 1.82) is 0 Å². The molecule has 34 heavy (non-hydrogen) atoms. The molecule has 9 heteroatoms. The number of hydrogen-bond donors (Lipinski definition) is 0. The fourth-order valence-corrected chi connectivity index (χ4v) is 4.38. The van der Waals surface area contributed by atoms with Crippen molar-refractivity contribution in [3.05, 3.63) is 95.3 Å². The third kappa shape index (κ3) is 5.42. The van der Waals surface area contributed by atoms with Gasteiger partial charge in [-0.25, -0.2) is 4.98 Å². The van der Waals surface area contributed by atoms with E-state index in [0.29, 0.717) is 41.3 Å². The van der Waals surface area contributed by atoms with Gasteiger partial charge in [0.15, 0.2) is 11.5 Å². The van der Waals surface area contributed by atoms with Crippen molar-refractivity contribution >= 4 is 64.9 Å². The van der Waals surface area contributed by atoms with Gasteiger partial charge in [0.05, 0.1) is 24.2 Å². The molecule has 0 fully saturated rings. The largest absolute Gasteiger partial charge is 0.493 e. The van der Waals surface area contributed by atoms with Crippen LogP contribution in [0.5, 0.6) is 11.5 Å². The van der Waals surface area contributed by atoms with Crippen LogP contribution in [-0.4, -0.2) is 23.0 Å². The third-order valence-corrected chi connectivity index (χ3v) is 6.80. The Kier molecular flexibility index (Phi) is 7.85. The predicted molar refractivity (Wildman–Crippen MR) is 145 cm³/mol. The van der Waals surface area contributed by atoms with Crippen molar-refractivity contribution in [3.8, 4) is 11.5 Å². The minimum Gasteiger partial charge on any atom is -0.493 e. The second kappa shape index (κ2) is 10.8. The number of aryl methyl sites for hydroxylation is 1. The van der Waals surface area contributed by atoms with Crippen LogP contribution < -0.4 is 15.0 Å². The van der Waals surface area contributed by atoms with E-state index in [1.54, 1.807) is 19.4 Å². The minimum absolute atomic E-state index is 0.225. The van der Waals surface area contributed by atoms with Gasteiger partial charge in [-0.2, -0.15) is 9.78 Å². The third-order valence-electron chi connectivity index (χ3n) is 5.09. The summed E-state index contributed by atoms with van der Waals surface area (Å²) in [6.07, 6.45) is 2.17. The number of hydrogen-bond acceptors (Lipinski definition) is 5. The SMILES string of the molecule is CCc1nc2ccc(Br)cc2c(=O)n1N=Cc1cc(OC)c(OCc2ccc(Br)cc2)cc1Br. The summed E-state index contributed by atoms with van der Waals surface area (Å²) in [5.74, 6) is 1.73. The van der Waals surface area contributed by atoms with Gasteiger partial charge in [-0.05, 0) is 64.0 Å². The van der Waals surface area contributed by atoms with Crippen molar-refractivity contribution in [1.82, 2.24) is 9.66 Å². The molecule has 0 radical (unpaired) electrons. The number of benzene rings is 3. The van der Waals surface area contributed by atoms with E-state index >= 15 is 0 Å². The fraction of sp³-hybridized carbons (Fsp3) is 0.160. The molecule has 0 bridgehead atoms. The molecule has 3 aromatic carbocycles. The molecular formula is C25H20Br3N3O3. The van der Waals surface area contributed by atoms with Crippen LogP contribution in [0, 0.1) is 0 Å². The predicted octanol–water partition coefficient (Wildman–Crippen LogP) is 6.72. The van der Waals surface area contributed by atoms with Gasteiger partial charge in [0.2, 0.25) is 0 Å². The Morgan fingerprint density at radius 1 is 1.00 bits per heavy atom. The van der Waals surface area contributed by atoms with Crippen LogP contribution in [0.1, 0.15) is 23.9 Å². The lowest BCUT2D eigenvalue weighted by Crippen LogP contribution is -2.22. The average molecular weight is 650 g/mol. The van der Waals surface area contributed by atoms with Crippen LogP contribution >= 0.6 is 47.8 Å². The van der Waals surface area contributed by atoms with Gasteiger partial charge < -0.3 is 9.47 Å². The first kappa shape index (κ1) is 24.6. The first-order chi connectivity index (χ1) is 16.4. The minimum atomic E-state index is -0.225. The van der Waals surface area contributed by atoms with E-state index in [9.17, 15) is 4.79 Å². The maximum absolute atomic E-state index is 13.1. The maximum Gasteiger partial charge on any atom is 0.282 e. The zero-order valence-corrected chi connectivity index (χ0v) is 23.1. The van der Waals surface area contributed by atoms with E-state index in [4.69, 9.17) is 9.47 Å². The molecule has 0 amide bonds. The van der Waals surface area contributed by atoms with Crippen molar-refractivity contribution < 1.29 is 9.47 Å². The molecule has 0 saturated heterocycles. The van der Waals surface area contributed by atoms with Gasteiger partial charge in [-0.3, -0.25) is 4.79 Å². The van der Waals surface area contributed by atoms with Crippen LogP contribution in [0.25, 0.3) is 10.9 Å². The second-order valence-corrected chi connectivity index (χ2v) is 10.0. The number of methoxy groups -OCH3 is 1. The topological polar surface area (TPSA) is 65.7 Å². The van der Waals surface area contributed by atoms with E-state index < -0.39 is 0 Å². The number of nitrogens with zero attached hydrogens (tertiary/aromatic N) is 3. The smallest absolute Gasteiger partial charge is 0.282 e. The lowest BCUT2D eigenvalue weighted by molar-refractivity contribution is 0.284. The highest BCUT2D eigenvalue weighted by Crippen LogP contribution is 2.33. The van der Waals surface area contributed by atoms with E-state index in [2.05, 4.69) is 57.9 Å². The zero-order chi connectivity index (χ0) is 24.2. The molecule has 1 heterocycles. The van der Waals surface area contributed by atoms with E-state index in [-0.39, 0.29) is 5.56 Å². The van der Waals surface area contributed by atoms with Gasteiger partial charge in [-0.1, -0.05) is 50.9 Å². The lowest BCUT2D eigenvalue weighted by Gasteiger charge is -2.13. The molecule has 4 aromatic rings. The first-order valence-electron chi connectivity index (χ1n) is 10.4. The molecule has 0 N–H and O–H groups in total. The molecule has 0 atom stereocenters. The molecule has 0 aliphatic heterocycles. The summed E-state index contributed by atoms with van der Waals surface area (Å²) >= 11 is 10.4. The van der Waals surface area contributed by atoms with Crippen LogP contribution in [0.4, 0.5) is 0 Å². The Morgan fingerprint density at radius 3 is 2.44 bits per heavy atom. The average Bonchev–Trinajstić information content (AvgIpc) is 2.84. The summed E-state index contributed by atoms with van der Waals surface area (Å²) in [6.45, 7) is 2.34. The molecule has 0 saturated carbocycles. The summed E-state index contributed by atoms with van der Waals surface area (Å²) in [4.78, 5) is 17.7. The van der Waals surface area contributed by atoms with E-state index in [1.807, 2.05) is 55.5 Å². The molecule has 4 rings (SSSR count). The van der Waals surface area contributed by atoms with E-state index in [0.717, 1.165) is 24.5 Å². The van der Waals surface area contributed by atoms with E-state index in [1.165, 1.54) is 4.68 Å². The summed E-state index contributed by atoms with van der Waals surface area (Å²) in [7, 11) is 1.58. The number of rotatable bonds is 7. The highest BCUT2D eigenvalue weighted by molar-refractivity contribution is 9.11. The quantitative estimate of drug-likeness (QED) is 0.209. The van der Waals surface area contributed by atoms with Gasteiger partial charge in [-0.15, -0.1) is 0 Å². The summed E-state index contributed by atoms with van der Waals surface area (Å²) in [6, 6.07) is 17.0. The molecule has 0 aliphatic carbocycles. The van der Waals surface area contributed by atoms with Gasteiger partial charge >= 0.3 is 0 Å². The fourth-order valence-electron chi connectivity index (χ4n) is 3.33. The Bertz CT molecular complexity index is 1430. The molecule has 0 aliphatic rings. The number of halogens is 3. The maximum atomic E-state index is 13.1. The molecular weight excluding hydrogens is 630 g/mol. The first-order valence-corrected chi connectivity index (χ1v) is 12.8. The molecule has 0 spiro atoms. The Labute approximate surface area is 222 Å². The molecule has 0 unspecified atom stereocenters. The van der Waals surface area contributed by atoms with Crippen LogP contribution in [-0.2, 0) is 13.0 Å². The molecule has 6 nitrogen and oxygen atoms in total. The molecule has 1 aromatic heterocycles. The lowest BCUT2D eigenvalue weighted by atomic mass is 10.2.